The van der Waals surface area contributed by atoms with Crippen molar-refractivity contribution < 1.29 is 32.8 Å². The van der Waals surface area contributed by atoms with E-state index in [1.54, 1.807) is 24.3 Å². The molecule has 170 valence electrons. The molecular weight excluding hydrogens is 428 g/mol. The molecule has 2 aromatic rings. The molecule has 1 heterocycles. The molecule has 3 rings (SSSR count). The van der Waals surface area contributed by atoms with E-state index in [0.29, 0.717) is 18.5 Å². The van der Waals surface area contributed by atoms with Gasteiger partial charge in [0.1, 0.15) is 5.56 Å². The van der Waals surface area contributed by atoms with Gasteiger partial charge in [0, 0.05) is 30.8 Å². The molecule has 32 heavy (non-hydrogen) atoms. The fourth-order valence-corrected chi connectivity index (χ4v) is 3.50. The molecule has 11 heteroatoms. The molecule has 0 aliphatic carbocycles. The highest BCUT2D eigenvalue weighted by atomic mass is 19.3. The molecule has 0 radical (unpaired) electrons. The van der Waals surface area contributed by atoms with E-state index < -0.39 is 28.9 Å². The second-order valence-corrected chi connectivity index (χ2v) is 7.08. The molecule has 0 unspecified atom stereocenters. The summed E-state index contributed by atoms with van der Waals surface area (Å²) in [6.45, 7) is -2.80. The first-order valence-electron chi connectivity index (χ1n) is 9.76. The van der Waals surface area contributed by atoms with Gasteiger partial charge < -0.3 is 19.7 Å². The van der Waals surface area contributed by atoms with Crippen LogP contribution in [0.1, 0.15) is 23.2 Å². The Kier molecular flexibility index (Phi) is 7.18. The molecule has 0 saturated carbocycles. The number of carbonyl (C=O) groups is 2. The van der Waals surface area contributed by atoms with Crippen LogP contribution in [0.25, 0.3) is 0 Å². The zero-order valence-electron chi connectivity index (χ0n) is 17.1. The number of halogens is 2. The van der Waals surface area contributed by atoms with Gasteiger partial charge in [0.15, 0.2) is 11.5 Å². The van der Waals surface area contributed by atoms with Crippen LogP contribution in [0.3, 0.4) is 0 Å². The predicted octanol–water partition coefficient (Wildman–Crippen LogP) is 3.70. The van der Waals surface area contributed by atoms with Crippen molar-refractivity contribution in [1.82, 2.24) is 4.90 Å². The first-order valence-corrected chi connectivity index (χ1v) is 9.76. The van der Waals surface area contributed by atoms with Gasteiger partial charge in [0.25, 0.3) is 11.6 Å². The molecule has 1 fully saturated rings. The highest BCUT2D eigenvalue weighted by Gasteiger charge is 2.32. The Morgan fingerprint density at radius 3 is 2.38 bits per heavy atom. The summed E-state index contributed by atoms with van der Waals surface area (Å²) in [4.78, 5) is 37.4. The molecule has 1 N–H and O–H groups in total. The van der Waals surface area contributed by atoms with Crippen molar-refractivity contribution in [3.05, 3.63) is 58.1 Å². The number of ether oxygens (including phenoxy) is 2. The molecule has 1 saturated heterocycles. The van der Waals surface area contributed by atoms with Crippen LogP contribution in [-0.4, -0.2) is 48.4 Å². The summed E-state index contributed by atoms with van der Waals surface area (Å²) in [5, 5.41) is 14.3. The van der Waals surface area contributed by atoms with Crippen molar-refractivity contribution in [2.75, 3.05) is 25.5 Å². The third kappa shape index (κ3) is 5.29. The lowest BCUT2D eigenvalue weighted by atomic mass is 9.95. The standard InChI is InChI=1S/C21H21F2N3O6/c1-31-17-11-15(16(26(29)30)12-18(17)32-21(22)23)20(28)25-9-7-13(8-10-25)19(27)24-14-5-3-2-4-6-14/h2-6,11-13,21H,7-10H2,1H3,(H,24,27). The van der Waals surface area contributed by atoms with Gasteiger partial charge in [0.05, 0.1) is 18.1 Å². The Morgan fingerprint density at radius 1 is 1.16 bits per heavy atom. The number of hydrogen-bond donors (Lipinski definition) is 1. The zero-order chi connectivity index (χ0) is 23.3. The summed E-state index contributed by atoms with van der Waals surface area (Å²) in [7, 11) is 1.17. The average Bonchev–Trinajstić information content (AvgIpc) is 2.78. The topological polar surface area (TPSA) is 111 Å². The fraction of sp³-hybridized carbons (Fsp3) is 0.333. The maximum absolute atomic E-state index is 13.0. The minimum absolute atomic E-state index is 0.163. The van der Waals surface area contributed by atoms with Gasteiger partial charge >= 0.3 is 6.61 Å². The van der Waals surface area contributed by atoms with Gasteiger partial charge in [-0.2, -0.15) is 8.78 Å². The highest BCUT2D eigenvalue weighted by molar-refractivity contribution is 5.99. The largest absolute Gasteiger partial charge is 0.493 e. The normalized spacial score (nSPS) is 14.2. The maximum Gasteiger partial charge on any atom is 0.387 e. The molecule has 0 aromatic heterocycles. The summed E-state index contributed by atoms with van der Waals surface area (Å²) in [5.74, 6) is -1.89. The molecule has 9 nitrogen and oxygen atoms in total. The van der Waals surface area contributed by atoms with E-state index in [4.69, 9.17) is 4.74 Å². The summed E-state index contributed by atoms with van der Waals surface area (Å²) in [5.41, 5.74) is -0.305. The van der Waals surface area contributed by atoms with Crippen LogP contribution < -0.4 is 14.8 Å². The van der Waals surface area contributed by atoms with Crippen molar-refractivity contribution in [3.63, 3.8) is 0 Å². The van der Waals surface area contributed by atoms with Crippen LogP contribution in [0.2, 0.25) is 0 Å². The predicted molar refractivity (Wildman–Crippen MR) is 110 cm³/mol. The van der Waals surface area contributed by atoms with Gasteiger partial charge in [-0.05, 0) is 25.0 Å². The molecule has 1 aliphatic rings. The van der Waals surface area contributed by atoms with E-state index >= 15 is 0 Å². The lowest BCUT2D eigenvalue weighted by Gasteiger charge is -2.31. The van der Waals surface area contributed by atoms with Crippen LogP contribution in [0.5, 0.6) is 11.5 Å². The van der Waals surface area contributed by atoms with Crippen LogP contribution in [0.4, 0.5) is 20.2 Å². The molecule has 0 atom stereocenters. The van der Waals surface area contributed by atoms with E-state index in [0.717, 1.165) is 12.1 Å². The Bertz CT molecular complexity index is 995. The number of rotatable bonds is 7. The SMILES string of the molecule is COc1cc(C(=O)N2CCC(C(=O)Nc3ccccc3)CC2)c([N+](=O)[O-])cc1OC(F)F. The third-order valence-corrected chi connectivity index (χ3v) is 5.12. The first kappa shape index (κ1) is 22.9. The average molecular weight is 449 g/mol. The molecule has 2 aromatic carbocycles. The zero-order valence-corrected chi connectivity index (χ0v) is 17.1. The number of likely N-dealkylation sites (tertiary alicyclic amines) is 1. The van der Waals surface area contributed by atoms with Gasteiger partial charge in [0.2, 0.25) is 5.91 Å². The number of alkyl halides is 2. The van der Waals surface area contributed by atoms with E-state index in [1.165, 1.54) is 12.0 Å². The highest BCUT2D eigenvalue weighted by Crippen LogP contribution is 2.36. The number of methoxy groups -OCH3 is 1. The van der Waals surface area contributed by atoms with E-state index in [1.807, 2.05) is 6.07 Å². The fourth-order valence-electron chi connectivity index (χ4n) is 3.50. The number of nitro benzene ring substituents is 1. The third-order valence-electron chi connectivity index (χ3n) is 5.12. The second kappa shape index (κ2) is 10.0. The van der Waals surface area contributed by atoms with Gasteiger partial charge in [-0.3, -0.25) is 19.7 Å². The van der Waals surface area contributed by atoms with Crippen molar-refractivity contribution in [1.29, 1.82) is 0 Å². The number of benzene rings is 2. The number of carbonyl (C=O) groups excluding carboxylic acids is 2. The van der Waals surface area contributed by atoms with Crippen LogP contribution in [0.15, 0.2) is 42.5 Å². The summed E-state index contributed by atoms with van der Waals surface area (Å²) in [6, 6.07) is 10.7. The summed E-state index contributed by atoms with van der Waals surface area (Å²) in [6.07, 6.45) is 0.754. The molecule has 2 amide bonds. The molecule has 1 aliphatic heterocycles. The monoisotopic (exact) mass is 449 g/mol. The second-order valence-electron chi connectivity index (χ2n) is 7.08. The van der Waals surface area contributed by atoms with Crippen molar-refractivity contribution in [3.8, 4) is 11.5 Å². The molecule has 0 bridgehead atoms. The number of piperidine rings is 1. The first-order chi connectivity index (χ1) is 15.3. The number of nitro groups is 1. The minimum atomic E-state index is -3.22. The van der Waals surface area contributed by atoms with Crippen molar-refractivity contribution in [2.45, 2.75) is 19.5 Å². The van der Waals surface area contributed by atoms with Gasteiger partial charge in [-0.25, -0.2) is 0 Å². The lowest BCUT2D eigenvalue weighted by molar-refractivity contribution is -0.385. The van der Waals surface area contributed by atoms with E-state index in [-0.39, 0.29) is 36.2 Å². The minimum Gasteiger partial charge on any atom is -0.493 e. The van der Waals surface area contributed by atoms with Crippen LogP contribution in [-0.2, 0) is 4.79 Å². The van der Waals surface area contributed by atoms with Gasteiger partial charge in [-0.1, -0.05) is 18.2 Å². The van der Waals surface area contributed by atoms with E-state index in [2.05, 4.69) is 10.1 Å². The smallest absolute Gasteiger partial charge is 0.387 e. The lowest BCUT2D eigenvalue weighted by Crippen LogP contribution is -2.41. The van der Waals surface area contributed by atoms with E-state index in [9.17, 15) is 28.5 Å². The number of nitrogens with one attached hydrogen (secondary N) is 1. The van der Waals surface area contributed by atoms with Crippen molar-refractivity contribution >= 4 is 23.2 Å². The summed E-state index contributed by atoms with van der Waals surface area (Å²) < 4.78 is 34.4. The van der Waals surface area contributed by atoms with Gasteiger partial charge in [-0.15, -0.1) is 0 Å². The van der Waals surface area contributed by atoms with Crippen LogP contribution in [0, 0.1) is 16.0 Å². The number of nitrogens with zero attached hydrogens (tertiary/aromatic N) is 2. The Labute approximate surface area is 182 Å². The number of anilines is 1. The summed E-state index contributed by atoms with van der Waals surface area (Å²) >= 11 is 0. The Balaban J connectivity index is 1.72. The molecular formula is C21H21F2N3O6. The maximum atomic E-state index is 13.0. The Hall–Kier alpha value is -3.76. The number of amides is 2. The Morgan fingerprint density at radius 2 is 1.81 bits per heavy atom. The quantitative estimate of drug-likeness (QED) is 0.510. The number of para-hydroxylation sites is 1. The number of hydrogen-bond acceptors (Lipinski definition) is 6. The molecule has 0 spiro atoms. The van der Waals surface area contributed by atoms with Crippen LogP contribution >= 0.6 is 0 Å². The van der Waals surface area contributed by atoms with Crippen molar-refractivity contribution in [2.24, 2.45) is 5.92 Å².